The minimum Gasteiger partial charge on any atom is -0.380 e. The monoisotopic (exact) mass is 270 g/mol. The van der Waals surface area contributed by atoms with Crippen molar-refractivity contribution in [3.05, 3.63) is 64.9 Å². The van der Waals surface area contributed by atoms with Crippen molar-refractivity contribution in [3.8, 4) is 0 Å². The third-order valence-electron chi connectivity index (χ3n) is 2.78. The number of hydrogen-bond acceptors (Lipinski definition) is 4. The van der Waals surface area contributed by atoms with Crippen LogP contribution in [0.3, 0.4) is 0 Å². The lowest BCUT2D eigenvalue weighted by molar-refractivity contribution is 0.687. The van der Waals surface area contributed by atoms with Crippen LogP contribution in [-0.2, 0) is 13.1 Å². The van der Waals surface area contributed by atoms with Gasteiger partial charge in [0.05, 0.1) is 18.6 Å². The second-order valence-corrected chi connectivity index (χ2v) is 5.20. The van der Waals surface area contributed by atoms with Crippen LogP contribution >= 0.6 is 11.3 Å². The van der Waals surface area contributed by atoms with Gasteiger partial charge in [0.15, 0.2) is 0 Å². The maximum atomic E-state index is 4.22. The Balaban J connectivity index is 1.66. The first kappa shape index (κ1) is 11.9. The fourth-order valence-electron chi connectivity index (χ4n) is 1.88. The molecule has 1 N–H and O–H groups in total. The van der Waals surface area contributed by atoms with Gasteiger partial charge in [-0.1, -0.05) is 12.1 Å². The van der Waals surface area contributed by atoms with E-state index < -0.39 is 0 Å². The van der Waals surface area contributed by atoms with Gasteiger partial charge in [-0.15, -0.1) is 11.3 Å². The maximum absolute atomic E-state index is 4.22. The van der Waals surface area contributed by atoms with Gasteiger partial charge in [0.25, 0.3) is 0 Å². The molecule has 0 bridgehead atoms. The molecular weight excluding hydrogens is 256 g/mol. The minimum atomic E-state index is 0.795. The van der Waals surface area contributed by atoms with Crippen LogP contribution in [0.4, 0.5) is 5.69 Å². The molecule has 96 valence electrons. The van der Waals surface area contributed by atoms with Crippen molar-refractivity contribution in [2.75, 3.05) is 5.32 Å². The molecule has 0 spiro atoms. The van der Waals surface area contributed by atoms with Crippen LogP contribution in [0.25, 0.3) is 0 Å². The van der Waals surface area contributed by atoms with Crippen LogP contribution in [0, 0.1) is 0 Å². The molecule has 3 aromatic rings. The molecule has 1 aromatic carbocycles. The number of hydrogen-bond donors (Lipinski definition) is 1. The van der Waals surface area contributed by atoms with Gasteiger partial charge in [-0.2, -0.15) is 5.10 Å². The average Bonchev–Trinajstić information content (AvgIpc) is 3.10. The number of thiazole rings is 1. The van der Waals surface area contributed by atoms with E-state index in [0.29, 0.717) is 0 Å². The van der Waals surface area contributed by atoms with Crippen molar-refractivity contribution in [3.63, 3.8) is 0 Å². The predicted octanol–water partition coefficient (Wildman–Crippen LogP) is 3.00. The van der Waals surface area contributed by atoms with Crippen LogP contribution in [0.15, 0.2) is 54.4 Å². The summed E-state index contributed by atoms with van der Waals surface area (Å²) in [6.07, 6.45) is 5.66. The lowest BCUT2D eigenvalue weighted by Crippen LogP contribution is -2.02. The molecule has 0 aliphatic heterocycles. The summed E-state index contributed by atoms with van der Waals surface area (Å²) in [6, 6.07) is 10.3. The van der Waals surface area contributed by atoms with Gasteiger partial charge in [-0.3, -0.25) is 9.67 Å². The first-order valence-electron chi connectivity index (χ1n) is 6.08. The van der Waals surface area contributed by atoms with Crippen LogP contribution < -0.4 is 5.32 Å². The Morgan fingerprint density at radius 1 is 1.26 bits per heavy atom. The Bertz CT molecular complexity index is 617. The van der Waals surface area contributed by atoms with E-state index >= 15 is 0 Å². The molecule has 0 unspecified atom stereocenters. The fraction of sp³-hybridized carbons (Fsp3) is 0.143. The standard InChI is InChI=1S/C14H14N4S/c1-3-12(10-18-6-2-5-17-18)7-13(4-1)16-9-14-8-15-11-19-14/h1-8,11,16H,9-10H2. The highest BCUT2D eigenvalue weighted by Crippen LogP contribution is 2.14. The number of nitrogens with zero attached hydrogens (tertiary/aromatic N) is 3. The van der Waals surface area contributed by atoms with E-state index in [4.69, 9.17) is 0 Å². The largest absolute Gasteiger partial charge is 0.380 e. The number of rotatable bonds is 5. The average molecular weight is 270 g/mol. The highest BCUT2D eigenvalue weighted by atomic mass is 32.1. The van der Waals surface area contributed by atoms with Crippen LogP contribution in [0.5, 0.6) is 0 Å². The summed E-state index contributed by atoms with van der Waals surface area (Å²) in [7, 11) is 0. The number of benzene rings is 1. The second-order valence-electron chi connectivity index (χ2n) is 4.23. The quantitative estimate of drug-likeness (QED) is 0.775. The molecule has 2 heterocycles. The normalized spacial score (nSPS) is 10.5. The van der Waals surface area contributed by atoms with Gasteiger partial charge in [-0.25, -0.2) is 0 Å². The number of nitrogens with one attached hydrogen (secondary N) is 1. The molecule has 0 atom stereocenters. The van der Waals surface area contributed by atoms with Crippen molar-refractivity contribution in [2.45, 2.75) is 13.1 Å². The van der Waals surface area contributed by atoms with Crippen LogP contribution in [-0.4, -0.2) is 14.8 Å². The topological polar surface area (TPSA) is 42.7 Å². The molecule has 0 aliphatic rings. The molecule has 0 aliphatic carbocycles. The van der Waals surface area contributed by atoms with E-state index in [2.05, 4.69) is 39.7 Å². The third kappa shape index (κ3) is 3.20. The molecule has 0 amide bonds. The Morgan fingerprint density at radius 2 is 2.26 bits per heavy atom. The molecule has 0 radical (unpaired) electrons. The molecule has 4 nitrogen and oxygen atoms in total. The van der Waals surface area contributed by atoms with Gasteiger partial charge in [-0.05, 0) is 23.8 Å². The van der Waals surface area contributed by atoms with E-state index in [1.807, 2.05) is 28.7 Å². The van der Waals surface area contributed by atoms with Crippen molar-refractivity contribution >= 4 is 17.0 Å². The molecule has 19 heavy (non-hydrogen) atoms. The van der Waals surface area contributed by atoms with Crippen LogP contribution in [0.2, 0.25) is 0 Å². The zero-order valence-corrected chi connectivity index (χ0v) is 11.2. The highest BCUT2D eigenvalue weighted by Gasteiger charge is 1.99. The van der Waals surface area contributed by atoms with Crippen molar-refractivity contribution in [2.24, 2.45) is 0 Å². The summed E-state index contributed by atoms with van der Waals surface area (Å²) in [4.78, 5) is 5.30. The molecule has 0 saturated heterocycles. The summed E-state index contributed by atoms with van der Waals surface area (Å²) in [5, 5.41) is 7.63. The maximum Gasteiger partial charge on any atom is 0.0794 e. The predicted molar refractivity (Wildman–Crippen MR) is 77.2 cm³/mol. The summed E-state index contributed by atoms with van der Waals surface area (Å²) in [5.74, 6) is 0. The molecule has 5 heteroatoms. The summed E-state index contributed by atoms with van der Waals surface area (Å²) in [6.45, 7) is 1.61. The zero-order valence-electron chi connectivity index (χ0n) is 10.4. The van der Waals surface area contributed by atoms with E-state index in [1.54, 1.807) is 17.5 Å². The van der Waals surface area contributed by atoms with Gasteiger partial charge >= 0.3 is 0 Å². The molecule has 0 fully saturated rings. The highest BCUT2D eigenvalue weighted by molar-refractivity contribution is 7.09. The van der Waals surface area contributed by atoms with E-state index in [9.17, 15) is 0 Å². The summed E-state index contributed by atoms with van der Waals surface area (Å²) < 4.78 is 1.92. The minimum absolute atomic E-state index is 0.795. The summed E-state index contributed by atoms with van der Waals surface area (Å²) >= 11 is 1.66. The lowest BCUT2D eigenvalue weighted by atomic mass is 10.2. The van der Waals surface area contributed by atoms with Gasteiger partial charge in [0.1, 0.15) is 0 Å². The van der Waals surface area contributed by atoms with E-state index in [-0.39, 0.29) is 0 Å². The van der Waals surface area contributed by atoms with Gasteiger partial charge in [0.2, 0.25) is 0 Å². The smallest absolute Gasteiger partial charge is 0.0794 e. The van der Waals surface area contributed by atoms with E-state index in [1.165, 1.54) is 10.4 Å². The Hall–Kier alpha value is -2.14. The first-order chi connectivity index (χ1) is 9.40. The SMILES string of the molecule is c1cc(Cn2cccn2)cc(NCc2cncs2)c1. The first-order valence-corrected chi connectivity index (χ1v) is 6.96. The van der Waals surface area contributed by atoms with Crippen molar-refractivity contribution < 1.29 is 0 Å². The fourth-order valence-corrected chi connectivity index (χ4v) is 2.41. The van der Waals surface area contributed by atoms with Crippen molar-refractivity contribution in [1.29, 1.82) is 0 Å². The van der Waals surface area contributed by atoms with Crippen LogP contribution in [0.1, 0.15) is 10.4 Å². The second kappa shape index (κ2) is 5.67. The van der Waals surface area contributed by atoms with Gasteiger partial charge in [0, 0.05) is 29.2 Å². The zero-order chi connectivity index (χ0) is 12.9. The van der Waals surface area contributed by atoms with Gasteiger partial charge < -0.3 is 5.32 Å². The number of anilines is 1. The third-order valence-corrected chi connectivity index (χ3v) is 3.56. The molecule has 0 saturated carbocycles. The molecule has 2 aromatic heterocycles. The van der Waals surface area contributed by atoms with Crippen molar-refractivity contribution in [1.82, 2.24) is 14.8 Å². The number of aromatic nitrogens is 3. The summed E-state index contributed by atoms with van der Waals surface area (Å²) in [5.41, 5.74) is 4.21. The van der Waals surface area contributed by atoms with E-state index in [0.717, 1.165) is 18.8 Å². The Kier molecular flexibility index (Phi) is 3.56. The Labute approximate surface area is 115 Å². The lowest BCUT2D eigenvalue weighted by Gasteiger charge is -2.07. The Morgan fingerprint density at radius 3 is 3.05 bits per heavy atom. The molecular formula is C14H14N4S. The molecule has 3 rings (SSSR count).